The zero-order chi connectivity index (χ0) is 11.3. The van der Waals surface area contributed by atoms with Crippen LogP contribution in [0.1, 0.15) is 31.2 Å². The SMILES string of the molecule is COC(=O)CCC(C)c1ccccc1O. The minimum Gasteiger partial charge on any atom is -0.508 e. The molecule has 0 aliphatic rings. The van der Waals surface area contributed by atoms with Gasteiger partial charge >= 0.3 is 5.97 Å². The summed E-state index contributed by atoms with van der Waals surface area (Å²) in [6, 6.07) is 7.19. The zero-order valence-corrected chi connectivity index (χ0v) is 9.06. The smallest absolute Gasteiger partial charge is 0.305 e. The topological polar surface area (TPSA) is 46.5 Å². The van der Waals surface area contributed by atoms with E-state index in [2.05, 4.69) is 4.74 Å². The molecule has 1 aromatic carbocycles. The molecule has 1 unspecified atom stereocenters. The first-order valence-electron chi connectivity index (χ1n) is 5.00. The summed E-state index contributed by atoms with van der Waals surface area (Å²) in [5.41, 5.74) is 0.876. The van der Waals surface area contributed by atoms with Crippen molar-refractivity contribution in [2.75, 3.05) is 7.11 Å². The Morgan fingerprint density at radius 3 is 2.73 bits per heavy atom. The molecule has 0 spiro atoms. The van der Waals surface area contributed by atoms with Crippen molar-refractivity contribution < 1.29 is 14.6 Å². The van der Waals surface area contributed by atoms with Crippen LogP contribution in [-0.2, 0) is 9.53 Å². The van der Waals surface area contributed by atoms with Crippen molar-refractivity contribution in [3.63, 3.8) is 0 Å². The van der Waals surface area contributed by atoms with Crippen LogP contribution in [0.4, 0.5) is 0 Å². The van der Waals surface area contributed by atoms with Crippen molar-refractivity contribution in [3.8, 4) is 5.75 Å². The van der Waals surface area contributed by atoms with E-state index in [1.807, 2.05) is 19.1 Å². The number of hydrogen-bond acceptors (Lipinski definition) is 3. The number of phenols is 1. The fourth-order valence-electron chi connectivity index (χ4n) is 1.50. The number of para-hydroxylation sites is 1. The number of hydrogen-bond donors (Lipinski definition) is 1. The summed E-state index contributed by atoms with van der Waals surface area (Å²) in [6.45, 7) is 1.98. The molecule has 3 heteroatoms. The molecule has 0 saturated carbocycles. The number of methoxy groups -OCH3 is 1. The molecule has 0 bridgehead atoms. The number of aromatic hydroxyl groups is 1. The second kappa shape index (κ2) is 5.39. The molecule has 1 atom stereocenters. The van der Waals surface area contributed by atoms with Gasteiger partial charge in [-0.15, -0.1) is 0 Å². The maximum atomic E-state index is 10.9. The Morgan fingerprint density at radius 2 is 2.13 bits per heavy atom. The van der Waals surface area contributed by atoms with Crippen LogP contribution >= 0.6 is 0 Å². The first kappa shape index (κ1) is 11.6. The van der Waals surface area contributed by atoms with Crippen molar-refractivity contribution in [2.24, 2.45) is 0 Å². The van der Waals surface area contributed by atoms with Gasteiger partial charge in [0, 0.05) is 6.42 Å². The predicted molar refractivity (Wildman–Crippen MR) is 57.8 cm³/mol. The Labute approximate surface area is 89.7 Å². The van der Waals surface area contributed by atoms with Crippen LogP contribution in [0.5, 0.6) is 5.75 Å². The lowest BCUT2D eigenvalue weighted by Gasteiger charge is -2.12. The van der Waals surface area contributed by atoms with Gasteiger partial charge in [-0.1, -0.05) is 25.1 Å². The van der Waals surface area contributed by atoms with Crippen LogP contribution in [0.15, 0.2) is 24.3 Å². The Kier molecular flexibility index (Phi) is 4.16. The molecule has 3 nitrogen and oxygen atoms in total. The monoisotopic (exact) mass is 208 g/mol. The van der Waals surface area contributed by atoms with Crippen molar-refractivity contribution in [1.29, 1.82) is 0 Å². The molecule has 1 N–H and O–H groups in total. The number of phenolic OH excluding ortho intramolecular Hbond substituents is 1. The molecule has 0 saturated heterocycles. The van der Waals surface area contributed by atoms with E-state index >= 15 is 0 Å². The molecular weight excluding hydrogens is 192 g/mol. The Morgan fingerprint density at radius 1 is 1.47 bits per heavy atom. The summed E-state index contributed by atoms with van der Waals surface area (Å²) in [7, 11) is 1.38. The average Bonchev–Trinajstić information content (AvgIpc) is 2.26. The highest BCUT2D eigenvalue weighted by Gasteiger charge is 2.11. The molecule has 15 heavy (non-hydrogen) atoms. The highest BCUT2D eigenvalue weighted by molar-refractivity contribution is 5.69. The van der Waals surface area contributed by atoms with Crippen LogP contribution in [0, 0.1) is 0 Å². The summed E-state index contributed by atoms with van der Waals surface area (Å²) in [5.74, 6) is 0.234. The third-order valence-electron chi connectivity index (χ3n) is 2.48. The molecule has 0 fully saturated rings. The van der Waals surface area contributed by atoms with Gasteiger partial charge in [0.25, 0.3) is 0 Å². The zero-order valence-electron chi connectivity index (χ0n) is 9.06. The molecule has 0 aromatic heterocycles. The van der Waals surface area contributed by atoms with Crippen molar-refractivity contribution in [2.45, 2.75) is 25.7 Å². The van der Waals surface area contributed by atoms with E-state index in [4.69, 9.17) is 0 Å². The summed E-state index contributed by atoms with van der Waals surface area (Å²) in [6.07, 6.45) is 1.07. The standard InChI is InChI=1S/C12H16O3/c1-9(7-8-12(14)15-2)10-5-3-4-6-11(10)13/h3-6,9,13H,7-8H2,1-2H3. The summed E-state index contributed by atoms with van der Waals surface area (Å²) < 4.78 is 4.57. The first-order valence-corrected chi connectivity index (χ1v) is 5.00. The van der Waals surface area contributed by atoms with Crippen LogP contribution < -0.4 is 0 Å². The number of esters is 1. The second-order valence-corrected chi connectivity index (χ2v) is 3.57. The Bertz CT molecular complexity index is 333. The molecule has 0 aliphatic carbocycles. The van der Waals surface area contributed by atoms with Crippen molar-refractivity contribution in [3.05, 3.63) is 29.8 Å². The average molecular weight is 208 g/mol. The molecule has 1 aromatic rings. The maximum absolute atomic E-state index is 10.9. The largest absolute Gasteiger partial charge is 0.508 e. The van der Waals surface area contributed by atoms with E-state index < -0.39 is 0 Å². The number of benzene rings is 1. The van der Waals surface area contributed by atoms with E-state index in [-0.39, 0.29) is 17.6 Å². The first-order chi connectivity index (χ1) is 7.15. The van der Waals surface area contributed by atoms with Gasteiger partial charge in [-0.05, 0) is 24.0 Å². The Balaban J connectivity index is 2.57. The molecule has 0 heterocycles. The molecule has 0 radical (unpaired) electrons. The highest BCUT2D eigenvalue weighted by Crippen LogP contribution is 2.28. The van der Waals surface area contributed by atoms with Gasteiger partial charge in [-0.2, -0.15) is 0 Å². The van der Waals surface area contributed by atoms with Gasteiger partial charge in [-0.3, -0.25) is 4.79 Å². The van der Waals surface area contributed by atoms with E-state index in [0.717, 1.165) is 5.56 Å². The lowest BCUT2D eigenvalue weighted by molar-refractivity contribution is -0.140. The molecule has 1 rings (SSSR count). The molecule has 0 amide bonds. The van der Waals surface area contributed by atoms with Gasteiger partial charge in [0.15, 0.2) is 0 Å². The summed E-state index contributed by atoms with van der Waals surface area (Å²) in [4.78, 5) is 10.9. The highest BCUT2D eigenvalue weighted by atomic mass is 16.5. The fraction of sp³-hybridized carbons (Fsp3) is 0.417. The van der Waals surface area contributed by atoms with Gasteiger partial charge in [0.1, 0.15) is 5.75 Å². The normalized spacial score (nSPS) is 12.1. The van der Waals surface area contributed by atoms with E-state index in [0.29, 0.717) is 12.8 Å². The van der Waals surface area contributed by atoms with Gasteiger partial charge in [0.2, 0.25) is 0 Å². The van der Waals surface area contributed by atoms with E-state index in [9.17, 15) is 9.90 Å². The number of carbonyl (C=O) groups excluding carboxylic acids is 1. The second-order valence-electron chi connectivity index (χ2n) is 3.57. The minimum absolute atomic E-state index is 0.158. The Hall–Kier alpha value is -1.51. The lowest BCUT2D eigenvalue weighted by atomic mass is 9.95. The van der Waals surface area contributed by atoms with Crippen molar-refractivity contribution in [1.82, 2.24) is 0 Å². The van der Waals surface area contributed by atoms with Crippen molar-refractivity contribution >= 4 is 5.97 Å². The minimum atomic E-state index is -0.211. The van der Waals surface area contributed by atoms with Crippen LogP contribution in [0.2, 0.25) is 0 Å². The summed E-state index contributed by atoms with van der Waals surface area (Å²) in [5, 5.41) is 9.59. The maximum Gasteiger partial charge on any atom is 0.305 e. The van der Waals surface area contributed by atoms with Crippen LogP contribution in [-0.4, -0.2) is 18.2 Å². The van der Waals surface area contributed by atoms with Gasteiger partial charge in [-0.25, -0.2) is 0 Å². The molecular formula is C12H16O3. The van der Waals surface area contributed by atoms with E-state index in [1.54, 1.807) is 12.1 Å². The van der Waals surface area contributed by atoms with Gasteiger partial charge < -0.3 is 9.84 Å². The third kappa shape index (κ3) is 3.27. The third-order valence-corrected chi connectivity index (χ3v) is 2.48. The number of rotatable bonds is 4. The molecule has 0 aliphatic heterocycles. The molecule has 82 valence electrons. The fourth-order valence-corrected chi connectivity index (χ4v) is 1.50. The predicted octanol–water partition coefficient (Wildman–Crippen LogP) is 2.45. The quantitative estimate of drug-likeness (QED) is 0.773. The van der Waals surface area contributed by atoms with E-state index in [1.165, 1.54) is 7.11 Å². The summed E-state index contributed by atoms with van der Waals surface area (Å²) >= 11 is 0. The number of carbonyl (C=O) groups is 1. The van der Waals surface area contributed by atoms with Crippen LogP contribution in [0.3, 0.4) is 0 Å². The van der Waals surface area contributed by atoms with Gasteiger partial charge in [0.05, 0.1) is 7.11 Å². The van der Waals surface area contributed by atoms with Crippen LogP contribution in [0.25, 0.3) is 0 Å². The lowest BCUT2D eigenvalue weighted by Crippen LogP contribution is -2.03. The number of ether oxygens (including phenoxy) is 1.